The largest absolute Gasteiger partial charge is 0.423 e. The van der Waals surface area contributed by atoms with Crippen molar-refractivity contribution in [3.8, 4) is 0 Å². The van der Waals surface area contributed by atoms with E-state index in [9.17, 15) is 0 Å². The molecule has 0 radical (unpaired) electrons. The van der Waals surface area contributed by atoms with E-state index in [0.717, 1.165) is 36.3 Å². The highest BCUT2D eigenvalue weighted by atomic mass is 16.5. The molecule has 0 bridgehead atoms. The first-order valence-electron chi connectivity index (χ1n) is 8.09. The molecule has 1 aliphatic heterocycles. The second-order valence-electron chi connectivity index (χ2n) is 6.46. The summed E-state index contributed by atoms with van der Waals surface area (Å²) in [4.78, 5) is 11.3. The molecule has 6 heteroatoms. The van der Waals surface area contributed by atoms with Crippen molar-refractivity contribution in [1.29, 1.82) is 0 Å². The average molecular weight is 312 g/mol. The molecule has 0 spiro atoms. The van der Waals surface area contributed by atoms with Gasteiger partial charge in [0.05, 0.1) is 6.04 Å². The van der Waals surface area contributed by atoms with Gasteiger partial charge in [-0.25, -0.2) is 0 Å². The van der Waals surface area contributed by atoms with Crippen molar-refractivity contribution in [2.24, 2.45) is 0 Å². The number of fused-ring (bicyclic) bond motifs is 1. The minimum Gasteiger partial charge on any atom is -0.423 e. The predicted molar refractivity (Wildman–Crippen MR) is 86.5 cm³/mol. The van der Waals surface area contributed by atoms with Crippen molar-refractivity contribution < 1.29 is 8.94 Å². The van der Waals surface area contributed by atoms with Gasteiger partial charge in [0.15, 0.2) is 11.4 Å². The van der Waals surface area contributed by atoms with Crippen molar-refractivity contribution in [1.82, 2.24) is 15.1 Å². The van der Waals surface area contributed by atoms with Crippen LogP contribution >= 0.6 is 0 Å². The maximum absolute atomic E-state index is 5.94. The summed E-state index contributed by atoms with van der Waals surface area (Å²) in [6.45, 7) is 7.04. The second kappa shape index (κ2) is 5.37. The summed E-state index contributed by atoms with van der Waals surface area (Å²) < 4.78 is 11.3. The number of nitrogens with zero attached hydrogens (tertiary/aromatic N) is 4. The highest BCUT2D eigenvalue weighted by Gasteiger charge is 2.33. The standard InChI is InChI=1S/C17H20N4O2/c1-10(2)16-19-15(20-23-16)13-5-4-8-21(13)17-18-12-9-11(3)6-7-14(12)22-17/h6-7,9-10,13H,4-5,8H2,1-3H3. The molecule has 0 saturated carbocycles. The number of hydrogen-bond acceptors (Lipinski definition) is 6. The topological polar surface area (TPSA) is 68.2 Å². The lowest BCUT2D eigenvalue weighted by Crippen LogP contribution is -2.23. The number of hydrogen-bond donors (Lipinski definition) is 0. The predicted octanol–water partition coefficient (Wildman–Crippen LogP) is 3.98. The SMILES string of the molecule is Cc1ccc2oc(N3CCCC3c3noc(C(C)C)n3)nc2c1. The quantitative estimate of drug-likeness (QED) is 0.728. The number of benzene rings is 1. The first-order chi connectivity index (χ1) is 11.1. The molecule has 23 heavy (non-hydrogen) atoms. The molecular formula is C17H20N4O2. The Kier molecular flexibility index (Phi) is 3.32. The molecule has 3 aromatic rings. The van der Waals surface area contributed by atoms with E-state index >= 15 is 0 Å². The summed E-state index contributed by atoms with van der Waals surface area (Å²) >= 11 is 0. The summed E-state index contributed by atoms with van der Waals surface area (Å²) in [5.41, 5.74) is 2.88. The zero-order chi connectivity index (χ0) is 16.0. The van der Waals surface area contributed by atoms with Gasteiger partial charge in [-0.2, -0.15) is 9.97 Å². The molecule has 4 rings (SSSR count). The summed E-state index contributed by atoms with van der Waals surface area (Å²) in [6.07, 6.45) is 2.04. The average Bonchev–Trinajstić information content (AvgIpc) is 3.24. The molecule has 1 unspecified atom stereocenters. The zero-order valence-corrected chi connectivity index (χ0v) is 13.6. The lowest BCUT2D eigenvalue weighted by atomic mass is 10.2. The van der Waals surface area contributed by atoms with Crippen LogP contribution in [0.25, 0.3) is 11.1 Å². The van der Waals surface area contributed by atoms with Gasteiger partial charge in [0.1, 0.15) is 5.52 Å². The van der Waals surface area contributed by atoms with Gasteiger partial charge in [0.2, 0.25) is 5.89 Å². The van der Waals surface area contributed by atoms with E-state index in [2.05, 4.69) is 26.9 Å². The third kappa shape index (κ3) is 2.48. The van der Waals surface area contributed by atoms with Gasteiger partial charge in [0, 0.05) is 12.5 Å². The normalized spacial score (nSPS) is 18.4. The number of anilines is 1. The summed E-state index contributed by atoms with van der Waals surface area (Å²) in [6, 6.07) is 6.76. The molecule has 1 fully saturated rings. The molecule has 2 aromatic heterocycles. The first-order valence-corrected chi connectivity index (χ1v) is 8.09. The number of aryl methyl sites for hydroxylation is 1. The lowest BCUT2D eigenvalue weighted by molar-refractivity contribution is 0.357. The van der Waals surface area contributed by atoms with Crippen LogP contribution < -0.4 is 4.90 Å². The maximum atomic E-state index is 5.94. The summed E-state index contributed by atoms with van der Waals surface area (Å²) in [7, 11) is 0. The van der Waals surface area contributed by atoms with Crippen LogP contribution in [0.4, 0.5) is 6.01 Å². The minimum atomic E-state index is 0.0698. The zero-order valence-electron chi connectivity index (χ0n) is 13.6. The fourth-order valence-electron chi connectivity index (χ4n) is 3.03. The molecular weight excluding hydrogens is 292 g/mol. The van der Waals surface area contributed by atoms with Crippen LogP contribution in [-0.2, 0) is 0 Å². The Morgan fingerprint density at radius 3 is 2.91 bits per heavy atom. The second-order valence-corrected chi connectivity index (χ2v) is 6.46. The fourth-order valence-corrected chi connectivity index (χ4v) is 3.03. The Morgan fingerprint density at radius 1 is 1.26 bits per heavy atom. The third-order valence-electron chi connectivity index (χ3n) is 4.28. The van der Waals surface area contributed by atoms with Crippen molar-refractivity contribution in [2.45, 2.75) is 45.6 Å². The molecule has 6 nitrogen and oxygen atoms in total. The van der Waals surface area contributed by atoms with Gasteiger partial charge in [-0.05, 0) is 37.5 Å². The molecule has 1 atom stereocenters. The Labute approximate surface area is 134 Å². The highest BCUT2D eigenvalue weighted by Crippen LogP contribution is 2.36. The fraction of sp³-hybridized carbons (Fsp3) is 0.471. The van der Waals surface area contributed by atoms with E-state index in [1.807, 2.05) is 32.0 Å². The van der Waals surface area contributed by atoms with Crippen LogP contribution in [0.5, 0.6) is 0 Å². The van der Waals surface area contributed by atoms with Gasteiger partial charge in [0.25, 0.3) is 6.01 Å². The molecule has 0 aliphatic carbocycles. The molecule has 0 N–H and O–H groups in total. The smallest absolute Gasteiger partial charge is 0.299 e. The summed E-state index contributed by atoms with van der Waals surface area (Å²) in [5, 5.41) is 4.17. The Morgan fingerprint density at radius 2 is 2.13 bits per heavy atom. The van der Waals surface area contributed by atoms with Gasteiger partial charge in [-0.15, -0.1) is 0 Å². The van der Waals surface area contributed by atoms with Crippen LogP contribution in [0.3, 0.4) is 0 Å². The Hall–Kier alpha value is -2.37. The summed E-state index contributed by atoms with van der Waals surface area (Å²) in [5.74, 6) is 1.64. The highest BCUT2D eigenvalue weighted by molar-refractivity contribution is 5.75. The number of aromatic nitrogens is 3. The van der Waals surface area contributed by atoms with E-state index in [1.165, 1.54) is 5.56 Å². The molecule has 120 valence electrons. The van der Waals surface area contributed by atoms with Crippen molar-refractivity contribution in [3.05, 3.63) is 35.5 Å². The van der Waals surface area contributed by atoms with E-state index in [0.29, 0.717) is 11.9 Å². The Balaban J connectivity index is 1.68. The van der Waals surface area contributed by atoms with E-state index in [4.69, 9.17) is 8.94 Å². The molecule has 1 saturated heterocycles. The lowest BCUT2D eigenvalue weighted by Gasteiger charge is -2.19. The first kappa shape index (κ1) is 14.2. The van der Waals surface area contributed by atoms with Crippen molar-refractivity contribution >= 4 is 17.1 Å². The van der Waals surface area contributed by atoms with Crippen LogP contribution in [0.15, 0.2) is 27.1 Å². The number of rotatable bonds is 3. The van der Waals surface area contributed by atoms with Crippen molar-refractivity contribution in [3.63, 3.8) is 0 Å². The van der Waals surface area contributed by atoms with Crippen LogP contribution in [0.2, 0.25) is 0 Å². The van der Waals surface area contributed by atoms with Gasteiger partial charge in [-0.3, -0.25) is 0 Å². The maximum Gasteiger partial charge on any atom is 0.299 e. The monoisotopic (exact) mass is 312 g/mol. The van der Waals surface area contributed by atoms with Crippen LogP contribution in [-0.4, -0.2) is 21.7 Å². The molecule has 1 aromatic carbocycles. The molecule has 0 amide bonds. The van der Waals surface area contributed by atoms with E-state index in [-0.39, 0.29) is 12.0 Å². The Bertz CT molecular complexity index is 836. The molecule has 1 aliphatic rings. The minimum absolute atomic E-state index is 0.0698. The third-order valence-corrected chi connectivity index (χ3v) is 4.28. The van der Waals surface area contributed by atoms with Gasteiger partial charge < -0.3 is 13.8 Å². The van der Waals surface area contributed by atoms with Crippen LogP contribution in [0.1, 0.15) is 55.9 Å². The molecule has 3 heterocycles. The van der Waals surface area contributed by atoms with E-state index in [1.54, 1.807) is 0 Å². The van der Waals surface area contributed by atoms with E-state index < -0.39 is 0 Å². The van der Waals surface area contributed by atoms with Gasteiger partial charge in [-0.1, -0.05) is 25.1 Å². The van der Waals surface area contributed by atoms with Crippen LogP contribution in [0, 0.1) is 6.92 Å². The van der Waals surface area contributed by atoms with Crippen molar-refractivity contribution in [2.75, 3.05) is 11.4 Å². The number of oxazole rings is 1. The van der Waals surface area contributed by atoms with Gasteiger partial charge >= 0.3 is 0 Å².